The molecule has 3 rings (SSSR count). The Morgan fingerprint density at radius 1 is 0.905 bits per heavy atom. The Kier molecular flexibility index (Phi) is 4.27. The van der Waals surface area contributed by atoms with Gasteiger partial charge in [0.25, 0.3) is 0 Å². The Bertz CT molecular complexity index is 796. The van der Waals surface area contributed by atoms with Crippen LogP contribution in [0, 0.1) is 0 Å². The number of aromatic nitrogens is 1. The van der Waals surface area contributed by atoms with Crippen LogP contribution in [0.5, 0.6) is 5.75 Å². The van der Waals surface area contributed by atoms with Crippen molar-refractivity contribution in [2.75, 3.05) is 0 Å². The fourth-order valence-corrected chi connectivity index (χ4v) is 1.87. The van der Waals surface area contributed by atoms with Gasteiger partial charge in [-0.25, -0.2) is 0 Å². The molecule has 4 N–H and O–H groups in total. The molecule has 0 aliphatic heterocycles. The molecule has 1 aromatic heterocycles. The monoisotopic (exact) mass is 307 g/mol. The lowest BCUT2D eigenvalue weighted by atomic mass is 10.1. The third kappa shape index (κ3) is 4.60. The summed E-state index contributed by atoms with van der Waals surface area (Å²) in [6, 6.07) is 17.5. The number of rotatable bonds is 1. The maximum atomic E-state index is 9.23. The number of benzene rings is 2. The van der Waals surface area contributed by atoms with Crippen LogP contribution in [-0.4, -0.2) is 27.6 Å². The second kappa shape index (κ2) is 5.96. The molecule has 7 heteroatoms. The van der Waals surface area contributed by atoms with Crippen molar-refractivity contribution in [3.8, 4) is 17.0 Å². The van der Waals surface area contributed by atoms with Crippen LogP contribution in [0.1, 0.15) is 0 Å². The molecule has 6 nitrogen and oxygen atoms in total. The highest BCUT2D eigenvalue weighted by Crippen LogP contribution is 2.25. The van der Waals surface area contributed by atoms with E-state index in [2.05, 4.69) is 23.2 Å². The Labute approximate surface area is 121 Å². The third-order valence-corrected chi connectivity index (χ3v) is 2.71. The number of fused-ring (bicyclic) bond motifs is 1. The van der Waals surface area contributed by atoms with E-state index in [-0.39, 0.29) is 0 Å². The van der Waals surface area contributed by atoms with Crippen molar-refractivity contribution in [2.45, 2.75) is 0 Å². The molecule has 0 aliphatic rings. The van der Waals surface area contributed by atoms with Crippen molar-refractivity contribution < 1.29 is 22.6 Å². The van der Waals surface area contributed by atoms with Crippen LogP contribution < -0.4 is 0 Å². The summed E-state index contributed by atoms with van der Waals surface area (Å²) in [7, 11) is -4.67. The number of phenols is 1. The van der Waals surface area contributed by atoms with E-state index in [1.54, 1.807) is 12.1 Å². The van der Waals surface area contributed by atoms with Crippen molar-refractivity contribution in [1.82, 2.24) is 4.98 Å². The van der Waals surface area contributed by atoms with E-state index in [0.29, 0.717) is 5.75 Å². The number of nitrogens with one attached hydrogen (secondary N) is 1. The van der Waals surface area contributed by atoms with Gasteiger partial charge in [-0.3, -0.25) is 9.11 Å². The topological polar surface area (TPSA) is 111 Å². The minimum atomic E-state index is -4.67. The predicted molar refractivity (Wildman–Crippen MR) is 79.6 cm³/mol. The Balaban J connectivity index is 0.000000282. The van der Waals surface area contributed by atoms with E-state index >= 15 is 0 Å². The molecule has 0 spiro atoms. The van der Waals surface area contributed by atoms with E-state index in [1.807, 2.05) is 24.3 Å². The van der Waals surface area contributed by atoms with Gasteiger partial charge in [0.15, 0.2) is 0 Å². The van der Waals surface area contributed by atoms with Gasteiger partial charge in [0.1, 0.15) is 5.75 Å². The fourth-order valence-electron chi connectivity index (χ4n) is 1.87. The second-order valence-electron chi connectivity index (χ2n) is 4.26. The summed E-state index contributed by atoms with van der Waals surface area (Å²) in [5, 5.41) is 10.4. The first kappa shape index (κ1) is 15.0. The van der Waals surface area contributed by atoms with Gasteiger partial charge in [0.2, 0.25) is 0 Å². The predicted octanol–water partition coefficient (Wildman–Crippen LogP) is 2.89. The van der Waals surface area contributed by atoms with Crippen LogP contribution in [0.25, 0.3) is 22.2 Å². The number of phenolic OH excluding ortho intramolecular Hbond substituents is 1. The van der Waals surface area contributed by atoms with Gasteiger partial charge in [0.05, 0.1) is 0 Å². The van der Waals surface area contributed by atoms with Crippen molar-refractivity contribution in [3.05, 3.63) is 54.6 Å². The molecule has 2 aromatic carbocycles. The molecule has 1 heterocycles. The molecular formula is C14H13NO5S. The van der Waals surface area contributed by atoms with Crippen LogP contribution in [0.3, 0.4) is 0 Å². The van der Waals surface area contributed by atoms with E-state index in [1.165, 1.54) is 5.39 Å². The molecule has 0 radical (unpaired) electrons. The quantitative estimate of drug-likeness (QED) is 0.517. The molecule has 0 fully saturated rings. The lowest BCUT2D eigenvalue weighted by Crippen LogP contribution is -1.89. The smallest absolute Gasteiger partial charge is 0.394 e. The van der Waals surface area contributed by atoms with Gasteiger partial charge in [-0.15, -0.1) is 0 Å². The van der Waals surface area contributed by atoms with Crippen LogP contribution >= 0.6 is 0 Å². The zero-order valence-corrected chi connectivity index (χ0v) is 11.6. The van der Waals surface area contributed by atoms with E-state index in [4.69, 9.17) is 17.5 Å². The largest absolute Gasteiger partial charge is 0.508 e. The lowest BCUT2D eigenvalue weighted by Gasteiger charge is -1.97. The van der Waals surface area contributed by atoms with Crippen molar-refractivity contribution >= 4 is 21.3 Å². The summed E-state index contributed by atoms with van der Waals surface area (Å²) >= 11 is 0. The summed E-state index contributed by atoms with van der Waals surface area (Å²) in [4.78, 5) is 3.35. The second-order valence-corrected chi connectivity index (χ2v) is 5.16. The maximum Gasteiger partial charge on any atom is 0.394 e. The van der Waals surface area contributed by atoms with Crippen molar-refractivity contribution in [2.24, 2.45) is 0 Å². The molecule has 3 aromatic rings. The minimum absolute atomic E-state index is 0.292. The molecule has 110 valence electrons. The summed E-state index contributed by atoms with van der Waals surface area (Å²) in [6.45, 7) is 0. The lowest BCUT2D eigenvalue weighted by molar-refractivity contribution is 0.381. The normalized spacial score (nSPS) is 11.0. The van der Waals surface area contributed by atoms with Crippen molar-refractivity contribution in [1.29, 1.82) is 0 Å². The van der Waals surface area contributed by atoms with Crippen molar-refractivity contribution in [3.63, 3.8) is 0 Å². The number of hydrogen-bond donors (Lipinski definition) is 4. The zero-order chi connectivity index (χ0) is 15.5. The Hall–Kier alpha value is -2.35. The average Bonchev–Trinajstić information content (AvgIpc) is 2.81. The van der Waals surface area contributed by atoms with E-state index < -0.39 is 10.4 Å². The first-order valence-corrected chi connectivity index (χ1v) is 7.30. The molecule has 21 heavy (non-hydrogen) atoms. The van der Waals surface area contributed by atoms with Crippen LogP contribution in [0.4, 0.5) is 0 Å². The Morgan fingerprint density at radius 3 is 2.05 bits per heavy atom. The number of para-hydroxylation sites is 1. The molecule has 0 unspecified atom stereocenters. The molecule has 0 amide bonds. The number of H-pyrrole nitrogens is 1. The van der Waals surface area contributed by atoms with E-state index in [9.17, 15) is 5.11 Å². The average molecular weight is 307 g/mol. The van der Waals surface area contributed by atoms with Crippen LogP contribution in [0.2, 0.25) is 0 Å². The van der Waals surface area contributed by atoms with Gasteiger partial charge in [-0.1, -0.05) is 18.2 Å². The highest BCUT2D eigenvalue weighted by atomic mass is 32.3. The van der Waals surface area contributed by atoms with Gasteiger partial charge >= 0.3 is 10.4 Å². The number of aromatic amines is 1. The molecule has 0 bridgehead atoms. The SMILES string of the molecule is O=S(=O)(O)O.Oc1ccc(-c2cc3ccccc3[nH]2)cc1. The molecule has 0 saturated carbocycles. The standard InChI is InChI=1S/C14H11NO.H2O4S/c16-12-7-5-10(6-8-12)14-9-11-3-1-2-4-13(11)15-14;1-5(2,3)4/h1-9,15-16H;(H2,1,2,3,4). The summed E-state index contributed by atoms with van der Waals surface area (Å²) in [6.07, 6.45) is 0. The highest BCUT2D eigenvalue weighted by molar-refractivity contribution is 7.79. The first-order valence-electron chi connectivity index (χ1n) is 5.90. The summed E-state index contributed by atoms with van der Waals surface area (Å²) in [5.41, 5.74) is 3.28. The molecular weight excluding hydrogens is 294 g/mol. The van der Waals surface area contributed by atoms with Gasteiger partial charge in [-0.2, -0.15) is 8.42 Å². The molecule has 0 saturated heterocycles. The summed E-state index contributed by atoms with van der Waals surface area (Å²) in [5.74, 6) is 0.292. The minimum Gasteiger partial charge on any atom is -0.508 e. The zero-order valence-electron chi connectivity index (χ0n) is 10.8. The van der Waals surface area contributed by atoms with Crippen LogP contribution in [0.15, 0.2) is 54.6 Å². The fraction of sp³-hybridized carbons (Fsp3) is 0. The van der Waals surface area contributed by atoms with Crippen LogP contribution in [-0.2, 0) is 10.4 Å². The maximum absolute atomic E-state index is 9.23. The number of aromatic hydroxyl groups is 1. The summed E-state index contributed by atoms with van der Waals surface area (Å²) < 4.78 is 31.6. The van der Waals surface area contributed by atoms with Gasteiger partial charge in [0, 0.05) is 16.6 Å². The number of hydrogen-bond acceptors (Lipinski definition) is 3. The first-order chi connectivity index (χ1) is 9.83. The van der Waals surface area contributed by atoms with Gasteiger partial charge in [-0.05, 0) is 42.0 Å². The van der Waals surface area contributed by atoms with Gasteiger partial charge < -0.3 is 10.1 Å². The van der Waals surface area contributed by atoms with E-state index in [0.717, 1.165) is 16.8 Å². The Morgan fingerprint density at radius 2 is 1.48 bits per heavy atom. The molecule has 0 aliphatic carbocycles. The molecule has 0 atom stereocenters. The highest BCUT2D eigenvalue weighted by Gasteiger charge is 2.02. The third-order valence-electron chi connectivity index (χ3n) is 2.71.